The number of nitrogens with zero attached hydrogens (tertiary/aromatic N) is 3. The summed E-state index contributed by atoms with van der Waals surface area (Å²) in [5.74, 6) is 0.761. The summed E-state index contributed by atoms with van der Waals surface area (Å²) in [6.07, 6.45) is -3.63. The molecule has 2 heterocycles. The highest BCUT2D eigenvalue weighted by atomic mass is 19.4. The number of alkyl halides is 3. The van der Waals surface area contributed by atoms with Gasteiger partial charge in [0.25, 0.3) is 5.91 Å². The Bertz CT molecular complexity index is 991. The molecule has 34 heavy (non-hydrogen) atoms. The average molecular weight is 480 g/mol. The van der Waals surface area contributed by atoms with Crippen LogP contribution >= 0.6 is 0 Å². The molecule has 2 amide bonds. The number of benzene rings is 1. The van der Waals surface area contributed by atoms with E-state index in [-0.39, 0.29) is 12.5 Å². The van der Waals surface area contributed by atoms with Crippen LogP contribution in [0.15, 0.2) is 36.5 Å². The Morgan fingerprint density at radius 3 is 2.26 bits per heavy atom. The van der Waals surface area contributed by atoms with Gasteiger partial charge in [-0.3, -0.25) is 9.59 Å². The number of pyridine rings is 1. The van der Waals surface area contributed by atoms with E-state index < -0.39 is 17.6 Å². The molecule has 0 bridgehead atoms. The number of ether oxygens (including phenoxy) is 2. The second-order valence-corrected chi connectivity index (χ2v) is 7.48. The van der Waals surface area contributed by atoms with Crippen LogP contribution in [0.1, 0.15) is 29.8 Å². The van der Waals surface area contributed by atoms with Gasteiger partial charge < -0.3 is 24.6 Å². The Morgan fingerprint density at radius 1 is 1.00 bits per heavy atom. The van der Waals surface area contributed by atoms with E-state index in [1.54, 1.807) is 23.1 Å². The van der Waals surface area contributed by atoms with Crippen molar-refractivity contribution in [2.24, 2.45) is 0 Å². The number of anilines is 1. The van der Waals surface area contributed by atoms with Crippen LogP contribution in [0.3, 0.4) is 0 Å². The number of carbonyl (C=O) groups excluding carboxylic acids is 2. The van der Waals surface area contributed by atoms with Gasteiger partial charge in [-0.1, -0.05) is 0 Å². The van der Waals surface area contributed by atoms with Gasteiger partial charge in [0, 0.05) is 37.9 Å². The number of rotatable bonds is 8. The van der Waals surface area contributed by atoms with Crippen molar-refractivity contribution in [1.82, 2.24) is 15.2 Å². The molecule has 184 valence electrons. The zero-order valence-corrected chi connectivity index (χ0v) is 19.0. The predicted octanol–water partition coefficient (Wildman–Crippen LogP) is 2.98. The Hall–Kier alpha value is -3.50. The van der Waals surface area contributed by atoms with Crippen molar-refractivity contribution in [3.8, 4) is 11.5 Å². The van der Waals surface area contributed by atoms with Crippen molar-refractivity contribution >= 4 is 17.6 Å². The largest absolute Gasteiger partial charge is 0.490 e. The normalized spacial score (nSPS) is 14.0. The maximum atomic E-state index is 12.7. The fraction of sp³-hybridized carbons (Fsp3) is 0.435. The number of aromatic nitrogens is 1. The lowest BCUT2D eigenvalue weighted by Crippen LogP contribution is -2.51. The van der Waals surface area contributed by atoms with E-state index in [2.05, 4.69) is 10.3 Å². The number of piperazine rings is 1. The topological polar surface area (TPSA) is 84.0 Å². The molecule has 1 fully saturated rings. The maximum absolute atomic E-state index is 12.7. The molecule has 1 aromatic carbocycles. The molecule has 11 heteroatoms. The Labute approximate surface area is 195 Å². The van der Waals surface area contributed by atoms with Crippen LogP contribution in [-0.2, 0) is 11.0 Å². The summed E-state index contributed by atoms with van der Waals surface area (Å²) in [6.45, 7) is 5.97. The molecule has 8 nitrogen and oxygen atoms in total. The molecule has 0 spiro atoms. The van der Waals surface area contributed by atoms with E-state index in [4.69, 9.17) is 9.47 Å². The van der Waals surface area contributed by atoms with Crippen LogP contribution in [0.2, 0.25) is 0 Å². The van der Waals surface area contributed by atoms with E-state index >= 15 is 0 Å². The average Bonchev–Trinajstić information content (AvgIpc) is 2.83. The number of halogens is 3. The zero-order valence-electron chi connectivity index (χ0n) is 19.0. The summed E-state index contributed by atoms with van der Waals surface area (Å²) in [5.41, 5.74) is -0.459. The van der Waals surface area contributed by atoms with Crippen molar-refractivity contribution in [1.29, 1.82) is 0 Å². The molecule has 0 unspecified atom stereocenters. The molecule has 3 rings (SSSR count). The van der Waals surface area contributed by atoms with Crippen molar-refractivity contribution < 1.29 is 32.2 Å². The van der Waals surface area contributed by atoms with Crippen LogP contribution in [0, 0.1) is 0 Å². The second-order valence-electron chi connectivity index (χ2n) is 7.48. The molecule has 0 saturated carbocycles. The van der Waals surface area contributed by atoms with Gasteiger partial charge in [-0.05, 0) is 44.2 Å². The second kappa shape index (κ2) is 11.1. The van der Waals surface area contributed by atoms with Crippen molar-refractivity contribution in [3.05, 3.63) is 47.7 Å². The SMILES string of the molecule is CCOc1ccc(C(=O)NCC(=O)N2CCN(c3ccc(C(F)(F)F)cn3)CC2)cc1OCC. The first-order chi connectivity index (χ1) is 16.2. The number of carbonyl (C=O) groups is 2. The Morgan fingerprint density at radius 2 is 1.68 bits per heavy atom. The first-order valence-corrected chi connectivity index (χ1v) is 11.0. The zero-order chi connectivity index (χ0) is 24.7. The highest BCUT2D eigenvalue weighted by Gasteiger charge is 2.31. The summed E-state index contributed by atoms with van der Waals surface area (Å²) < 4.78 is 49.1. The minimum absolute atomic E-state index is 0.172. The van der Waals surface area contributed by atoms with Gasteiger partial charge >= 0.3 is 6.18 Å². The minimum atomic E-state index is -4.43. The van der Waals surface area contributed by atoms with E-state index in [0.29, 0.717) is 62.3 Å². The molecule has 0 radical (unpaired) electrons. The molecule has 0 aliphatic carbocycles. The van der Waals surface area contributed by atoms with Crippen molar-refractivity contribution in [3.63, 3.8) is 0 Å². The van der Waals surface area contributed by atoms with Gasteiger partial charge in [0.15, 0.2) is 11.5 Å². The number of nitrogens with one attached hydrogen (secondary N) is 1. The summed E-state index contributed by atoms with van der Waals surface area (Å²) in [4.78, 5) is 32.4. The monoisotopic (exact) mass is 480 g/mol. The van der Waals surface area contributed by atoms with Crippen molar-refractivity contribution in [2.45, 2.75) is 20.0 Å². The molecular formula is C23H27F3N4O4. The van der Waals surface area contributed by atoms with Gasteiger partial charge in [-0.2, -0.15) is 13.2 Å². The number of hydrogen-bond acceptors (Lipinski definition) is 6. The van der Waals surface area contributed by atoms with Gasteiger partial charge in [-0.15, -0.1) is 0 Å². The van der Waals surface area contributed by atoms with Crippen LogP contribution in [-0.4, -0.2) is 67.6 Å². The standard InChI is InChI=1S/C23H27F3N4O4/c1-3-33-18-7-5-16(13-19(18)34-4-2)22(32)28-15-21(31)30-11-9-29(10-12-30)20-8-6-17(14-27-20)23(24,25)26/h5-8,13-14H,3-4,9-12,15H2,1-2H3,(H,28,32). The molecule has 0 atom stereocenters. The fourth-order valence-electron chi connectivity index (χ4n) is 3.49. The lowest BCUT2D eigenvalue weighted by atomic mass is 10.2. The summed E-state index contributed by atoms with van der Waals surface area (Å²) in [6, 6.07) is 7.15. The molecule has 1 aromatic heterocycles. The number of amides is 2. The maximum Gasteiger partial charge on any atom is 0.417 e. The Kier molecular flexibility index (Phi) is 8.19. The lowest BCUT2D eigenvalue weighted by Gasteiger charge is -2.35. The third kappa shape index (κ3) is 6.30. The van der Waals surface area contributed by atoms with Crippen molar-refractivity contribution in [2.75, 3.05) is 50.8 Å². The van der Waals surface area contributed by atoms with Crippen LogP contribution < -0.4 is 19.7 Å². The summed E-state index contributed by atoms with van der Waals surface area (Å²) in [5, 5.41) is 2.62. The minimum Gasteiger partial charge on any atom is -0.490 e. The van der Waals surface area contributed by atoms with Crippen LogP contribution in [0.25, 0.3) is 0 Å². The number of hydrogen-bond donors (Lipinski definition) is 1. The first kappa shape index (κ1) is 25.1. The molecule has 2 aromatic rings. The highest BCUT2D eigenvalue weighted by molar-refractivity contribution is 5.97. The quantitative estimate of drug-likeness (QED) is 0.626. The van der Waals surface area contributed by atoms with Gasteiger partial charge in [0.05, 0.1) is 25.3 Å². The highest BCUT2D eigenvalue weighted by Crippen LogP contribution is 2.30. The smallest absolute Gasteiger partial charge is 0.417 e. The van der Waals surface area contributed by atoms with E-state index in [9.17, 15) is 22.8 Å². The van der Waals surface area contributed by atoms with E-state index in [1.807, 2.05) is 18.7 Å². The summed E-state index contributed by atoms with van der Waals surface area (Å²) >= 11 is 0. The van der Waals surface area contributed by atoms with Gasteiger partial charge in [0.1, 0.15) is 5.82 Å². The third-order valence-corrected chi connectivity index (χ3v) is 5.24. The predicted molar refractivity (Wildman–Crippen MR) is 119 cm³/mol. The van der Waals surface area contributed by atoms with Crippen LogP contribution in [0.5, 0.6) is 11.5 Å². The molecular weight excluding hydrogens is 453 g/mol. The lowest BCUT2D eigenvalue weighted by molar-refractivity contribution is -0.137. The van der Waals surface area contributed by atoms with Crippen LogP contribution in [0.4, 0.5) is 19.0 Å². The van der Waals surface area contributed by atoms with E-state index in [0.717, 1.165) is 12.3 Å². The van der Waals surface area contributed by atoms with E-state index in [1.165, 1.54) is 6.07 Å². The van der Waals surface area contributed by atoms with Gasteiger partial charge in [0.2, 0.25) is 5.91 Å². The third-order valence-electron chi connectivity index (χ3n) is 5.24. The first-order valence-electron chi connectivity index (χ1n) is 11.0. The molecule has 1 aliphatic rings. The van der Waals surface area contributed by atoms with Gasteiger partial charge in [-0.25, -0.2) is 4.98 Å². The summed E-state index contributed by atoms with van der Waals surface area (Å²) in [7, 11) is 0. The fourth-order valence-corrected chi connectivity index (χ4v) is 3.49. The Balaban J connectivity index is 1.50. The molecule has 1 aliphatic heterocycles. The molecule has 1 N–H and O–H groups in total. The molecule has 1 saturated heterocycles.